The van der Waals surface area contributed by atoms with Crippen LogP contribution in [0.5, 0.6) is 0 Å². The maximum atomic E-state index is 13.5. The molecule has 23 heteroatoms. The third-order valence-corrected chi connectivity index (χ3v) is 37.5. The smallest absolute Gasteiger partial charge is 0.338 e. The van der Waals surface area contributed by atoms with Crippen molar-refractivity contribution in [2.24, 2.45) is 103 Å². The summed E-state index contributed by atoms with van der Waals surface area (Å²) in [6.45, 7) is 37.4. The number of rotatable bonds is 35. The Balaban J connectivity index is 0.000000151. The van der Waals surface area contributed by atoms with Crippen LogP contribution in [0.3, 0.4) is 0 Å². The van der Waals surface area contributed by atoms with Crippen molar-refractivity contribution in [2.45, 2.75) is 517 Å². The van der Waals surface area contributed by atoms with Gasteiger partial charge in [0.2, 0.25) is 5.91 Å². The second-order valence-electron chi connectivity index (χ2n) is 48.8. The van der Waals surface area contributed by atoms with Gasteiger partial charge in [0, 0.05) is 30.3 Å². The van der Waals surface area contributed by atoms with Gasteiger partial charge in [0.1, 0.15) is 48.9 Å². The van der Waals surface area contributed by atoms with Gasteiger partial charge >= 0.3 is 35.8 Å². The average molecular weight is 1860 g/mol. The van der Waals surface area contributed by atoms with E-state index in [1.165, 1.54) is 148 Å². The van der Waals surface area contributed by atoms with E-state index in [0.717, 1.165) is 138 Å². The number of esters is 6. The van der Waals surface area contributed by atoms with Crippen molar-refractivity contribution in [3.05, 3.63) is 0 Å². The number of hydrogen-bond acceptors (Lipinski definition) is 22. The van der Waals surface area contributed by atoms with Crippen molar-refractivity contribution in [2.75, 3.05) is 33.6 Å². The minimum absolute atomic E-state index is 0. The zero-order valence-corrected chi connectivity index (χ0v) is 83.9. The van der Waals surface area contributed by atoms with Crippen LogP contribution in [0, 0.1) is 97.6 Å². The monoisotopic (exact) mass is 1860 g/mol. The molecule has 0 aromatic rings. The fourth-order valence-electron chi connectivity index (χ4n) is 29.1. The number of primary amides is 1. The molecule has 0 spiro atoms. The maximum absolute atomic E-state index is 13.5. The van der Waals surface area contributed by atoms with Crippen molar-refractivity contribution in [3.63, 3.8) is 0 Å². The first kappa shape index (κ1) is 107. The molecule has 2 N–H and O–H groups in total. The first-order valence-electron chi connectivity index (χ1n) is 52.7. The van der Waals surface area contributed by atoms with Crippen LogP contribution in [0.1, 0.15) is 428 Å². The van der Waals surface area contributed by atoms with Crippen LogP contribution < -0.4 is 5.73 Å². The molecule has 0 aromatic carbocycles. The number of hydrogen-bond donors (Lipinski definition) is 1. The number of carbonyl (C=O) groups is 7. The van der Waals surface area contributed by atoms with E-state index in [2.05, 4.69) is 27.7 Å². The molecule has 13 unspecified atom stereocenters. The van der Waals surface area contributed by atoms with Crippen LogP contribution in [0.2, 0.25) is 0 Å². The lowest BCUT2D eigenvalue weighted by atomic mass is 9.46. The number of amides is 1. The Hall–Kier alpha value is -4.07. The van der Waals surface area contributed by atoms with Gasteiger partial charge in [-0.25, -0.2) is 9.59 Å². The van der Waals surface area contributed by atoms with Gasteiger partial charge in [-0.3, -0.25) is 24.0 Å². The molecule has 3 aliphatic heterocycles. The molecule has 22 aliphatic rings. The van der Waals surface area contributed by atoms with Gasteiger partial charge in [-0.1, -0.05) is 107 Å². The highest BCUT2D eigenvalue weighted by atomic mass is 16.7. The quantitative estimate of drug-likeness (QED) is 0.0350. The Morgan fingerprint density at radius 2 is 0.803 bits per heavy atom. The zero-order chi connectivity index (χ0) is 93.5. The Morgan fingerprint density at radius 3 is 1.22 bits per heavy atom. The van der Waals surface area contributed by atoms with E-state index in [-0.39, 0.29) is 123 Å². The van der Waals surface area contributed by atoms with Crippen molar-refractivity contribution in [3.8, 4) is 0 Å². The lowest BCUT2D eigenvalue weighted by molar-refractivity contribution is -0.267. The zero-order valence-electron chi connectivity index (χ0n) is 83.9. The number of nitrogens with two attached hydrogens (primary N) is 1. The van der Waals surface area contributed by atoms with E-state index in [9.17, 15) is 33.6 Å². The molecule has 22 rings (SSSR count). The van der Waals surface area contributed by atoms with Crippen molar-refractivity contribution in [1.29, 1.82) is 0 Å². The summed E-state index contributed by atoms with van der Waals surface area (Å²) in [5.41, 5.74) is 0.211. The van der Waals surface area contributed by atoms with E-state index < -0.39 is 67.5 Å². The number of carbonyl (C=O) groups excluding carboxylic acids is 7. The summed E-state index contributed by atoms with van der Waals surface area (Å²) in [7, 11) is 0. The molecular formula is C109H183NO22. The molecule has 22 fully saturated rings. The topological polar surface area (TPSA) is 284 Å². The maximum Gasteiger partial charge on any atom is 0.338 e. The molecule has 1 amide bonds. The summed E-state index contributed by atoms with van der Waals surface area (Å²) in [6, 6.07) is 0. The lowest BCUT2D eigenvalue weighted by Gasteiger charge is -2.61. The fraction of sp³-hybridized carbons (Fsp3) is 0.936. The molecular weight excluding hydrogens is 1680 g/mol. The van der Waals surface area contributed by atoms with Crippen molar-refractivity contribution in [1.82, 2.24) is 0 Å². The van der Waals surface area contributed by atoms with Gasteiger partial charge in [-0.15, -0.1) is 0 Å². The summed E-state index contributed by atoms with van der Waals surface area (Å²) >= 11 is 0. The molecule has 13 atom stereocenters. The van der Waals surface area contributed by atoms with Gasteiger partial charge in [0.15, 0.2) is 29.7 Å². The van der Waals surface area contributed by atoms with E-state index in [1.54, 1.807) is 0 Å². The van der Waals surface area contributed by atoms with Crippen LogP contribution in [-0.4, -0.2) is 164 Å². The summed E-state index contributed by atoms with van der Waals surface area (Å²) in [6.07, 6.45) is 48.8. The highest BCUT2D eigenvalue weighted by molar-refractivity contribution is 5.83. The summed E-state index contributed by atoms with van der Waals surface area (Å²) < 4.78 is 89.4. The molecule has 19 saturated carbocycles. The van der Waals surface area contributed by atoms with Gasteiger partial charge < -0.3 is 76.8 Å². The SMILES string of the molecule is C.C.CCC(C)(C)C(=O)OC12CC3CC(C1)CC(C(N)=O)(C3)C2.CCC(C)(C)C(=O)OC1C2CC3C(=O)OC1C3O2.CCC(C)(OCOC1CCCCC1)C(=O)OC(C)(C)C12CC3CC(CC(C3)C1)C2.CCC(C)(OCOC1CCCCC1)C(=O)OC12CC3CC(CC(OCOC4CCCCC4)(C3)C1)C2.CCOC(C)OCC(C)(CC)C(=O)OC(C)(C)C12CC3CC(CC(C3)C1)C2. The predicted molar refractivity (Wildman–Crippen MR) is 506 cm³/mol. The van der Waals surface area contributed by atoms with Gasteiger partial charge in [0.25, 0.3) is 0 Å². The molecule has 132 heavy (non-hydrogen) atoms. The van der Waals surface area contributed by atoms with Crippen molar-refractivity contribution >= 4 is 41.7 Å². The van der Waals surface area contributed by atoms with Crippen LogP contribution in [0.25, 0.3) is 0 Å². The van der Waals surface area contributed by atoms with Crippen LogP contribution in [0.4, 0.5) is 0 Å². The first-order chi connectivity index (χ1) is 61.4. The molecule has 0 radical (unpaired) electrons. The largest absolute Gasteiger partial charge is 0.459 e. The summed E-state index contributed by atoms with van der Waals surface area (Å²) in [4.78, 5) is 88.2. The van der Waals surface area contributed by atoms with Crippen LogP contribution in [0.15, 0.2) is 0 Å². The number of ether oxygens (including phenoxy) is 15. The number of fused-ring (bicyclic) bond motifs is 1. The Morgan fingerprint density at radius 1 is 0.417 bits per heavy atom. The summed E-state index contributed by atoms with van der Waals surface area (Å²) in [5, 5.41) is 0. The van der Waals surface area contributed by atoms with Gasteiger partial charge in [-0.2, -0.15) is 0 Å². The van der Waals surface area contributed by atoms with Gasteiger partial charge in [0.05, 0.1) is 64.2 Å². The molecule has 3 heterocycles. The second kappa shape index (κ2) is 42.8. The third kappa shape index (κ3) is 23.5. The van der Waals surface area contributed by atoms with Crippen LogP contribution in [-0.2, 0) is 105 Å². The summed E-state index contributed by atoms with van der Waals surface area (Å²) in [5.74, 6) is 5.75. The molecule has 0 aromatic heterocycles. The average Bonchev–Trinajstić information content (AvgIpc) is 1.02. The molecule has 3 saturated heterocycles. The second-order valence-corrected chi connectivity index (χ2v) is 48.8. The molecule has 756 valence electrons. The molecule has 23 nitrogen and oxygen atoms in total. The molecule has 18 bridgehead atoms. The fourth-order valence-corrected chi connectivity index (χ4v) is 29.1. The highest BCUT2D eigenvalue weighted by Gasteiger charge is 2.68. The first-order valence-corrected chi connectivity index (χ1v) is 52.7. The van der Waals surface area contributed by atoms with Crippen molar-refractivity contribution < 1.29 is 105 Å². The van der Waals surface area contributed by atoms with E-state index in [0.29, 0.717) is 88.3 Å². The van der Waals surface area contributed by atoms with E-state index >= 15 is 0 Å². The third-order valence-electron chi connectivity index (χ3n) is 37.5. The Kier molecular flexibility index (Phi) is 34.6. The normalized spacial score (nSPS) is 37.4. The Labute approximate surface area is 795 Å². The Bertz CT molecular complexity index is 3750. The highest BCUT2D eigenvalue weighted by Crippen LogP contribution is 2.68. The minimum Gasteiger partial charge on any atom is -0.459 e. The van der Waals surface area contributed by atoms with E-state index in [4.69, 9.17) is 76.8 Å². The van der Waals surface area contributed by atoms with E-state index in [1.807, 2.05) is 96.9 Å². The van der Waals surface area contributed by atoms with Gasteiger partial charge in [-0.05, 0) is 367 Å². The predicted octanol–water partition coefficient (Wildman–Crippen LogP) is 22.9. The lowest BCUT2D eigenvalue weighted by Crippen LogP contribution is -2.62. The molecule has 19 aliphatic carbocycles. The minimum atomic E-state index is -0.976. The standard InChI is InChI=1S/C29H48O6.C25H42O4.C23H40O4.C17H27NO3.C13H18O5.2CH4/c1-3-27(2,33-20-31-24-10-6-4-7-11-24)26(30)35-29-17-22-14-23(18-29)16-28(15-22,19-29)34-21-32-25-12-8-5-9-13-25;1-5-24(4,28-17-27-21-9-7-6-8-10-21)22(26)29-23(2,3)25-14-18-11-19(15-25)13-20(12-18)16-25;1-7-22(6,15-26-16(3)25-8-2)20(24)27-21(4,5)23-12-17-9-18(13-23)11-19(10-17)14-23;1-4-15(2,3)14(20)21-17-8-11-5-12(9-17)7-16(6-11,10-17)13(18)19;1-4-13(2,3)12(15)18-9-7-5-6-8(16-7)10(9)17-11(6)14;;/h22-25H,3-21H2,1-2H3;18-21H,5-17H2,1-4H3;16-19H,7-15H2,1-6H3;11-12H,4-10H2,1-3H3,(H2,18,19);6-10H,4-5H2,1-3H3;2*1H4. The van der Waals surface area contributed by atoms with Crippen LogP contribution >= 0.6 is 0 Å².